The van der Waals surface area contributed by atoms with Gasteiger partial charge in [0.1, 0.15) is 18.2 Å². The van der Waals surface area contributed by atoms with E-state index in [1.165, 1.54) is 40.9 Å². The molecule has 0 saturated carbocycles. The molecular weight excluding hydrogens is 523 g/mol. The fraction of sp³-hybridized carbons (Fsp3) is 0.0800. The lowest BCUT2D eigenvalue weighted by Gasteiger charge is -2.10. The van der Waals surface area contributed by atoms with Crippen LogP contribution in [0.2, 0.25) is 0 Å². The summed E-state index contributed by atoms with van der Waals surface area (Å²) in [5.41, 5.74) is 1.91. The van der Waals surface area contributed by atoms with Crippen molar-refractivity contribution in [3.05, 3.63) is 98.6 Å². The van der Waals surface area contributed by atoms with E-state index < -0.39 is 5.97 Å². The molecule has 1 saturated heterocycles. The van der Waals surface area contributed by atoms with Gasteiger partial charge in [-0.15, -0.1) is 0 Å². The molecule has 0 radical (unpaired) electrons. The molecule has 1 heterocycles. The summed E-state index contributed by atoms with van der Waals surface area (Å²) >= 11 is 4.63. The molecule has 1 N–H and O–H groups in total. The highest BCUT2D eigenvalue weighted by Gasteiger charge is 2.30. The van der Waals surface area contributed by atoms with Gasteiger partial charge in [-0.3, -0.25) is 9.69 Å². The van der Waals surface area contributed by atoms with Crippen LogP contribution in [0.15, 0.2) is 81.1 Å². The monoisotopic (exact) mass is 540 g/mol. The van der Waals surface area contributed by atoms with E-state index in [1.807, 2.05) is 12.1 Å². The Balaban J connectivity index is 1.60. The van der Waals surface area contributed by atoms with Crippen molar-refractivity contribution in [2.75, 3.05) is 7.05 Å². The number of aromatic carboxylic acids is 1. The van der Waals surface area contributed by atoms with Crippen LogP contribution >= 0.6 is 27.7 Å². The lowest BCUT2D eigenvalue weighted by Crippen LogP contribution is -2.23. The molecule has 9 heteroatoms. The minimum atomic E-state index is -1.05. The second-order valence-corrected chi connectivity index (χ2v) is 9.25. The molecule has 1 amide bonds. The van der Waals surface area contributed by atoms with E-state index in [4.69, 9.17) is 4.74 Å². The van der Waals surface area contributed by atoms with Gasteiger partial charge in [-0.25, -0.2) is 14.2 Å². The first kappa shape index (κ1) is 23.7. The molecule has 0 aliphatic carbocycles. The number of carboxylic acids is 1. The van der Waals surface area contributed by atoms with E-state index in [1.54, 1.807) is 43.5 Å². The van der Waals surface area contributed by atoms with Gasteiger partial charge in [0.25, 0.3) is 5.91 Å². The first-order valence-electron chi connectivity index (χ1n) is 10.1. The second kappa shape index (κ2) is 10.2. The van der Waals surface area contributed by atoms with Crippen molar-refractivity contribution in [3.63, 3.8) is 0 Å². The van der Waals surface area contributed by atoms with Gasteiger partial charge in [-0.2, -0.15) is 0 Å². The van der Waals surface area contributed by atoms with Crippen molar-refractivity contribution in [3.8, 4) is 5.75 Å². The fourth-order valence-corrected chi connectivity index (χ4v) is 4.52. The van der Waals surface area contributed by atoms with E-state index in [2.05, 4.69) is 20.9 Å². The topological polar surface area (TPSA) is 79.2 Å². The number of carbonyl (C=O) groups excluding carboxylic acids is 1. The standard InChI is InChI=1S/C25H18BrFN2O4S/c1-29-23(30)22(34-25(29)28-20-7-3-5-16(12-20)24(31)32)13-17-11-18(26)8-9-21(17)33-14-15-4-2-6-19(27)10-15/h2-13H,14H2,1H3,(H,31,32). The summed E-state index contributed by atoms with van der Waals surface area (Å²) in [7, 11) is 1.61. The Kier molecular flexibility index (Phi) is 7.14. The third-order valence-corrected chi connectivity index (χ3v) is 6.42. The zero-order chi connectivity index (χ0) is 24.2. The SMILES string of the molecule is CN1C(=O)C(=Cc2cc(Br)ccc2OCc2cccc(F)c2)SC1=Nc1cccc(C(=O)O)c1. The van der Waals surface area contributed by atoms with Crippen LogP contribution in [-0.4, -0.2) is 34.1 Å². The second-order valence-electron chi connectivity index (χ2n) is 7.33. The fourth-order valence-electron chi connectivity index (χ4n) is 3.16. The van der Waals surface area contributed by atoms with E-state index >= 15 is 0 Å². The average molecular weight is 541 g/mol. The van der Waals surface area contributed by atoms with Gasteiger partial charge < -0.3 is 9.84 Å². The van der Waals surface area contributed by atoms with Crippen LogP contribution in [-0.2, 0) is 11.4 Å². The van der Waals surface area contributed by atoms with Crippen molar-refractivity contribution in [1.82, 2.24) is 4.90 Å². The van der Waals surface area contributed by atoms with Gasteiger partial charge in [0, 0.05) is 17.1 Å². The van der Waals surface area contributed by atoms with E-state index in [-0.39, 0.29) is 23.9 Å². The quantitative estimate of drug-likeness (QED) is 0.382. The Labute approximate surface area is 207 Å². The molecule has 4 rings (SSSR count). The molecule has 0 atom stereocenters. The van der Waals surface area contributed by atoms with Crippen LogP contribution in [0.5, 0.6) is 5.75 Å². The highest BCUT2D eigenvalue weighted by Crippen LogP contribution is 2.35. The normalized spacial score (nSPS) is 15.9. The van der Waals surface area contributed by atoms with Crippen LogP contribution in [0.3, 0.4) is 0 Å². The van der Waals surface area contributed by atoms with Gasteiger partial charge in [0.15, 0.2) is 5.17 Å². The molecule has 0 spiro atoms. The first-order chi connectivity index (χ1) is 16.3. The first-order valence-corrected chi connectivity index (χ1v) is 11.7. The molecule has 1 aliphatic rings. The Morgan fingerprint density at radius 1 is 1.18 bits per heavy atom. The Bertz CT molecular complexity index is 1340. The summed E-state index contributed by atoms with van der Waals surface area (Å²) in [5.74, 6) is -1.09. The number of aliphatic imine (C=N–C) groups is 1. The largest absolute Gasteiger partial charge is 0.488 e. The van der Waals surface area contributed by atoms with E-state index in [0.29, 0.717) is 32.6 Å². The summed E-state index contributed by atoms with van der Waals surface area (Å²) in [6, 6.07) is 17.8. The Hall–Kier alpha value is -3.43. The maximum atomic E-state index is 13.5. The molecule has 172 valence electrons. The van der Waals surface area contributed by atoms with Gasteiger partial charge in [-0.1, -0.05) is 34.1 Å². The number of halogens is 2. The molecular formula is C25H18BrFN2O4S. The van der Waals surface area contributed by atoms with Crippen LogP contribution in [0, 0.1) is 5.82 Å². The van der Waals surface area contributed by atoms with Gasteiger partial charge in [-0.05, 0) is 71.9 Å². The number of carbonyl (C=O) groups is 2. The number of amidine groups is 1. The van der Waals surface area contributed by atoms with Crippen LogP contribution < -0.4 is 4.74 Å². The molecule has 6 nitrogen and oxygen atoms in total. The number of ether oxygens (including phenoxy) is 1. The minimum Gasteiger partial charge on any atom is -0.488 e. The smallest absolute Gasteiger partial charge is 0.335 e. The van der Waals surface area contributed by atoms with Gasteiger partial charge >= 0.3 is 5.97 Å². The predicted octanol–water partition coefficient (Wildman–Crippen LogP) is 6.10. The van der Waals surface area contributed by atoms with E-state index in [0.717, 1.165) is 4.47 Å². The number of hydrogen-bond donors (Lipinski definition) is 1. The number of hydrogen-bond acceptors (Lipinski definition) is 5. The number of nitrogens with zero attached hydrogens (tertiary/aromatic N) is 2. The number of likely N-dealkylation sites (N-methyl/N-ethyl adjacent to an activating group) is 1. The van der Waals surface area contributed by atoms with E-state index in [9.17, 15) is 19.1 Å². The lowest BCUT2D eigenvalue weighted by molar-refractivity contribution is -0.121. The number of benzene rings is 3. The highest BCUT2D eigenvalue weighted by molar-refractivity contribution is 9.10. The van der Waals surface area contributed by atoms with Crippen molar-refractivity contribution in [1.29, 1.82) is 0 Å². The van der Waals surface area contributed by atoms with Crippen molar-refractivity contribution in [2.24, 2.45) is 4.99 Å². The van der Waals surface area contributed by atoms with Crippen LogP contribution in [0.4, 0.5) is 10.1 Å². The zero-order valence-corrected chi connectivity index (χ0v) is 20.3. The third-order valence-electron chi connectivity index (χ3n) is 4.86. The number of amides is 1. The highest BCUT2D eigenvalue weighted by atomic mass is 79.9. The molecule has 34 heavy (non-hydrogen) atoms. The summed E-state index contributed by atoms with van der Waals surface area (Å²) in [4.78, 5) is 30.4. The van der Waals surface area contributed by atoms with Crippen LogP contribution in [0.1, 0.15) is 21.5 Å². The van der Waals surface area contributed by atoms with Crippen LogP contribution in [0.25, 0.3) is 6.08 Å². The van der Waals surface area contributed by atoms with Gasteiger partial charge in [0.05, 0.1) is 16.2 Å². The number of carboxylic acid groups (broad SMARTS) is 1. The average Bonchev–Trinajstić information content (AvgIpc) is 3.06. The third kappa shape index (κ3) is 5.55. The Morgan fingerprint density at radius 3 is 2.74 bits per heavy atom. The summed E-state index contributed by atoms with van der Waals surface area (Å²) in [6.45, 7) is 0.170. The van der Waals surface area contributed by atoms with Crippen molar-refractivity contribution < 1.29 is 23.8 Å². The maximum absolute atomic E-state index is 13.5. The minimum absolute atomic E-state index is 0.115. The molecule has 0 aromatic heterocycles. The number of rotatable bonds is 6. The summed E-state index contributed by atoms with van der Waals surface area (Å²) in [6.07, 6.45) is 1.71. The zero-order valence-electron chi connectivity index (χ0n) is 17.9. The van der Waals surface area contributed by atoms with Crippen molar-refractivity contribution >= 4 is 56.5 Å². The van der Waals surface area contributed by atoms with Gasteiger partial charge in [0.2, 0.25) is 0 Å². The maximum Gasteiger partial charge on any atom is 0.335 e. The lowest BCUT2D eigenvalue weighted by atomic mass is 10.1. The van der Waals surface area contributed by atoms with Crippen molar-refractivity contribution in [2.45, 2.75) is 6.61 Å². The summed E-state index contributed by atoms with van der Waals surface area (Å²) in [5, 5.41) is 9.61. The summed E-state index contributed by atoms with van der Waals surface area (Å²) < 4.78 is 20.2. The molecule has 1 aliphatic heterocycles. The molecule has 1 fully saturated rings. The molecule has 0 unspecified atom stereocenters. The molecule has 0 bridgehead atoms. The number of thioether (sulfide) groups is 1. The molecule has 3 aromatic rings. The Morgan fingerprint density at radius 2 is 1.97 bits per heavy atom. The molecule has 3 aromatic carbocycles. The predicted molar refractivity (Wildman–Crippen MR) is 134 cm³/mol.